The summed E-state index contributed by atoms with van der Waals surface area (Å²) in [6, 6.07) is 0. The second kappa shape index (κ2) is 30.6. The lowest BCUT2D eigenvalue weighted by Gasteiger charge is -2.05. The summed E-state index contributed by atoms with van der Waals surface area (Å²) in [7, 11) is 0. The van der Waals surface area contributed by atoms with Crippen LogP contribution in [0.3, 0.4) is 0 Å². The van der Waals surface area contributed by atoms with E-state index in [2.05, 4.69) is 27.7 Å². The molecule has 0 saturated heterocycles. The number of esters is 2. The molecule has 0 heterocycles. The third-order valence-corrected chi connectivity index (χ3v) is 7.70. The molecule has 0 aromatic rings. The Bertz CT molecular complexity index is 531. The van der Waals surface area contributed by atoms with E-state index in [0.29, 0.717) is 13.2 Å². The van der Waals surface area contributed by atoms with Crippen LogP contribution in [0.5, 0.6) is 0 Å². The second-order valence-electron chi connectivity index (χ2n) is 12.8. The summed E-state index contributed by atoms with van der Waals surface area (Å²) in [5, 5.41) is 0. The van der Waals surface area contributed by atoms with E-state index >= 15 is 0 Å². The van der Waals surface area contributed by atoms with Crippen molar-refractivity contribution in [3.05, 3.63) is 12.2 Å². The zero-order chi connectivity index (χ0) is 29.5. The minimum absolute atomic E-state index is 0.424. The topological polar surface area (TPSA) is 52.6 Å². The first-order valence-electron chi connectivity index (χ1n) is 17.4. The Hall–Kier alpha value is -1.32. The molecule has 4 heteroatoms. The van der Waals surface area contributed by atoms with Crippen LogP contribution >= 0.6 is 0 Å². The fourth-order valence-electron chi connectivity index (χ4n) is 5.07. The van der Waals surface area contributed by atoms with Gasteiger partial charge >= 0.3 is 11.9 Å². The Morgan fingerprint density at radius 3 is 0.875 bits per heavy atom. The maximum atomic E-state index is 11.8. The average Bonchev–Trinajstić information content (AvgIpc) is 2.91. The van der Waals surface area contributed by atoms with Gasteiger partial charge in [0.15, 0.2) is 0 Å². The highest BCUT2D eigenvalue weighted by atomic mass is 16.5. The van der Waals surface area contributed by atoms with Crippen molar-refractivity contribution in [1.82, 2.24) is 0 Å². The molecule has 0 N–H and O–H groups in total. The summed E-state index contributed by atoms with van der Waals surface area (Å²) < 4.78 is 10.4. The van der Waals surface area contributed by atoms with Gasteiger partial charge in [-0.1, -0.05) is 169 Å². The molecular formula is C36H68O4. The van der Waals surface area contributed by atoms with Crippen molar-refractivity contribution in [2.75, 3.05) is 13.2 Å². The van der Waals surface area contributed by atoms with Crippen LogP contribution in [0, 0.1) is 11.8 Å². The van der Waals surface area contributed by atoms with Gasteiger partial charge in [-0.3, -0.25) is 0 Å². The van der Waals surface area contributed by atoms with Gasteiger partial charge in [0.1, 0.15) is 0 Å². The molecule has 0 amide bonds. The number of carbonyl (C=O) groups is 2. The SMILES string of the molecule is CC(C)CCCCCCCCCCCCCOC(=O)C=CC(=O)OCCCCCCCCCCCCCC(C)C. The van der Waals surface area contributed by atoms with E-state index in [1.807, 2.05) is 0 Å². The van der Waals surface area contributed by atoms with E-state index in [1.165, 1.54) is 141 Å². The molecule has 0 aliphatic rings. The zero-order valence-corrected chi connectivity index (χ0v) is 27.3. The summed E-state index contributed by atoms with van der Waals surface area (Å²) in [5.74, 6) is 0.774. The second-order valence-corrected chi connectivity index (χ2v) is 12.8. The largest absolute Gasteiger partial charge is 0.463 e. The molecule has 0 fully saturated rings. The maximum absolute atomic E-state index is 11.8. The number of carbonyl (C=O) groups excluding carboxylic acids is 2. The third kappa shape index (κ3) is 32.9. The number of ether oxygens (including phenoxy) is 2. The van der Waals surface area contributed by atoms with Crippen molar-refractivity contribution in [3.8, 4) is 0 Å². The fourth-order valence-corrected chi connectivity index (χ4v) is 5.07. The van der Waals surface area contributed by atoms with Crippen LogP contribution in [-0.4, -0.2) is 25.2 Å². The monoisotopic (exact) mass is 565 g/mol. The molecule has 0 radical (unpaired) electrons. The minimum atomic E-state index is -0.457. The Kier molecular flexibility index (Phi) is 29.6. The lowest BCUT2D eigenvalue weighted by Crippen LogP contribution is -2.06. The van der Waals surface area contributed by atoms with E-state index in [0.717, 1.165) is 37.5 Å². The summed E-state index contributed by atoms with van der Waals surface area (Å²) in [5.41, 5.74) is 0. The first kappa shape index (κ1) is 38.7. The lowest BCUT2D eigenvalue weighted by atomic mass is 10.0. The molecule has 0 bridgehead atoms. The molecule has 236 valence electrons. The van der Waals surface area contributed by atoms with Gasteiger partial charge in [0.25, 0.3) is 0 Å². The Labute approximate surface area is 249 Å². The van der Waals surface area contributed by atoms with E-state index < -0.39 is 11.9 Å². The van der Waals surface area contributed by atoms with Gasteiger partial charge in [0, 0.05) is 12.2 Å². The van der Waals surface area contributed by atoms with Crippen molar-refractivity contribution >= 4 is 11.9 Å². The molecule has 4 nitrogen and oxygen atoms in total. The molecule has 0 spiro atoms. The Balaban J connectivity index is 3.36. The summed E-state index contributed by atoms with van der Waals surface area (Å²) in [6.45, 7) is 10.1. The van der Waals surface area contributed by atoms with Crippen molar-refractivity contribution < 1.29 is 19.1 Å². The van der Waals surface area contributed by atoms with Crippen LogP contribution in [0.4, 0.5) is 0 Å². The fraction of sp³-hybridized carbons (Fsp3) is 0.889. The molecule has 0 aliphatic carbocycles. The highest BCUT2D eigenvalue weighted by Gasteiger charge is 2.02. The van der Waals surface area contributed by atoms with Crippen LogP contribution in [0.1, 0.15) is 182 Å². The highest BCUT2D eigenvalue weighted by molar-refractivity contribution is 5.91. The van der Waals surface area contributed by atoms with Crippen LogP contribution in [-0.2, 0) is 19.1 Å². The number of rotatable bonds is 30. The van der Waals surface area contributed by atoms with Gasteiger partial charge in [0.2, 0.25) is 0 Å². The van der Waals surface area contributed by atoms with Crippen LogP contribution in [0.2, 0.25) is 0 Å². The predicted molar refractivity (Wildman–Crippen MR) is 172 cm³/mol. The number of hydrogen-bond donors (Lipinski definition) is 0. The first-order valence-corrected chi connectivity index (χ1v) is 17.4. The van der Waals surface area contributed by atoms with Crippen LogP contribution < -0.4 is 0 Å². The molecule has 0 unspecified atom stereocenters. The molecule has 0 saturated carbocycles. The molecular weight excluding hydrogens is 496 g/mol. The minimum Gasteiger partial charge on any atom is -0.463 e. The van der Waals surface area contributed by atoms with E-state index in [-0.39, 0.29) is 0 Å². The van der Waals surface area contributed by atoms with Crippen LogP contribution in [0.15, 0.2) is 12.2 Å². The Morgan fingerprint density at radius 1 is 0.400 bits per heavy atom. The van der Waals surface area contributed by atoms with Crippen molar-refractivity contribution in [2.24, 2.45) is 11.8 Å². The molecule has 0 aromatic heterocycles. The van der Waals surface area contributed by atoms with Gasteiger partial charge in [-0.25, -0.2) is 9.59 Å². The average molecular weight is 565 g/mol. The number of hydrogen-bond acceptors (Lipinski definition) is 4. The first-order chi connectivity index (χ1) is 19.4. The quantitative estimate of drug-likeness (QED) is 0.0494. The van der Waals surface area contributed by atoms with Gasteiger partial charge in [0.05, 0.1) is 13.2 Å². The molecule has 0 rings (SSSR count). The summed E-state index contributed by atoms with van der Waals surface area (Å²) in [4.78, 5) is 23.6. The highest BCUT2D eigenvalue weighted by Crippen LogP contribution is 2.15. The molecule has 0 aliphatic heterocycles. The van der Waals surface area contributed by atoms with Crippen LogP contribution in [0.25, 0.3) is 0 Å². The smallest absolute Gasteiger partial charge is 0.331 e. The van der Waals surface area contributed by atoms with Gasteiger partial charge in [-0.2, -0.15) is 0 Å². The molecule has 0 atom stereocenters. The molecule has 40 heavy (non-hydrogen) atoms. The van der Waals surface area contributed by atoms with Gasteiger partial charge in [-0.05, 0) is 24.7 Å². The Morgan fingerprint density at radius 2 is 0.625 bits per heavy atom. The van der Waals surface area contributed by atoms with Crippen molar-refractivity contribution in [3.63, 3.8) is 0 Å². The summed E-state index contributed by atoms with van der Waals surface area (Å²) in [6.07, 6.45) is 33.2. The van der Waals surface area contributed by atoms with Gasteiger partial charge in [-0.15, -0.1) is 0 Å². The van der Waals surface area contributed by atoms with Crippen molar-refractivity contribution in [1.29, 1.82) is 0 Å². The van der Waals surface area contributed by atoms with Crippen molar-refractivity contribution in [2.45, 2.75) is 182 Å². The maximum Gasteiger partial charge on any atom is 0.331 e. The third-order valence-electron chi connectivity index (χ3n) is 7.70. The van der Waals surface area contributed by atoms with E-state index in [9.17, 15) is 9.59 Å². The zero-order valence-electron chi connectivity index (χ0n) is 27.3. The van der Waals surface area contributed by atoms with Gasteiger partial charge < -0.3 is 9.47 Å². The normalized spacial score (nSPS) is 11.7. The van der Waals surface area contributed by atoms with E-state index in [1.54, 1.807) is 0 Å². The summed E-state index contributed by atoms with van der Waals surface area (Å²) >= 11 is 0. The number of unbranched alkanes of at least 4 members (excludes halogenated alkanes) is 20. The lowest BCUT2D eigenvalue weighted by molar-refractivity contribution is -0.140. The molecule has 0 aromatic carbocycles. The predicted octanol–water partition coefficient (Wildman–Crippen LogP) is 11.3. The standard InChI is InChI=1S/C36H68O4/c1-33(2)27-23-19-15-11-7-5-9-13-17-21-25-31-39-35(37)29-30-36(38)40-32-26-22-18-14-10-6-8-12-16-20-24-28-34(3)4/h29-30,33-34H,5-28,31-32H2,1-4H3. The van der Waals surface area contributed by atoms with E-state index in [4.69, 9.17) is 9.47 Å².